The summed E-state index contributed by atoms with van der Waals surface area (Å²) in [6, 6.07) is 6.37. The summed E-state index contributed by atoms with van der Waals surface area (Å²) in [6.07, 6.45) is 0.750. The van der Waals surface area contributed by atoms with E-state index in [9.17, 15) is 9.59 Å². The number of carboxylic acid groups (broad SMARTS) is 1. The molecule has 1 aromatic rings. The molecule has 1 unspecified atom stereocenters. The number of carboxylic acids is 1. The zero-order chi connectivity index (χ0) is 15.7. The number of nitrogens with one attached hydrogen (secondary N) is 1. The quantitative estimate of drug-likeness (QED) is 0.679. The van der Waals surface area contributed by atoms with Crippen LogP contribution in [0.4, 0.5) is 0 Å². The molecule has 0 bridgehead atoms. The molecule has 1 aromatic carbocycles. The summed E-state index contributed by atoms with van der Waals surface area (Å²) in [5, 5.41) is 11.1. The molecule has 2 N–H and O–H groups in total. The lowest BCUT2D eigenvalue weighted by Gasteiger charge is -2.10. The maximum absolute atomic E-state index is 11.4. The average Bonchev–Trinajstić information content (AvgIpc) is 2.45. The Morgan fingerprint density at radius 1 is 1.19 bits per heavy atom. The van der Waals surface area contributed by atoms with E-state index in [4.69, 9.17) is 14.6 Å². The molecule has 0 spiro atoms. The Labute approximate surface area is 124 Å². The van der Waals surface area contributed by atoms with Crippen LogP contribution in [0.2, 0.25) is 0 Å². The number of benzene rings is 1. The largest absolute Gasteiger partial charge is 0.494 e. The first-order chi connectivity index (χ1) is 10.0. The zero-order valence-corrected chi connectivity index (χ0v) is 12.3. The van der Waals surface area contributed by atoms with Crippen LogP contribution in [0.1, 0.15) is 26.7 Å². The minimum absolute atomic E-state index is 0.231. The van der Waals surface area contributed by atoms with Crippen LogP contribution >= 0.6 is 0 Å². The van der Waals surface area contributed by atoms with Crippen LogP contribution in [0.25, 0.3) is 0 Å². The summed E-state index contributed by atoms with van der Waals surface area (Å²) in [6.45, 7) is 4.35. The molecule has 1 rings (SSSR count). The monoisotopic (exact) mass is 295 g/mol. The number of aliphatic carboxylic acids is 1. The molecular formula is C15H21NO5. The molecule has 0 saturated carbocycles. The fourth-order valence-electron chi connectivity index (χ4n) is 1.60. The van der Waals surface area contributed by atoms with Gasteiger partial charge in [-0.1, -0.05) is 0 Å². The minimum Gasteiger partial charge on any atom is -0.494 e. The summed E-state index contributed by atoms with van der Waals surface area (Å²) in [5.74, 6) is 0.152. The van der Waals surface area contributed by atoms with E-state index in [0.717, 1.165) is 5.75 Å². The number of rotatable bonds is 9. The lowest BCUT2D eigenvalue weighted by atomic mass is 10.2. The first-order valence-corrected chi connectivity index (χ1v) is 6.90. The molecule has 0 aromatic heterocycles. The number of amides is 1. The van der Waals surface area contributed by atoms with Crippen molar-refractivity contribution in [2.24, 2.45) is 0 Å². The second kappa shape index (κ2) is 8.84. The third-order valence-electron chi connectivity index (χ3n) is 2.70. The smallest absolute Gasteiger partial charge is 0.325 e. The maximum Gasteiger partial charge on any atom is 0.325 e. The second-order valence-corrected chi connectivity index (χ2v) is 4.48. The van der Waals surface area contributed by atoms with E-state index in [1.165, 1.54) is 6.92 Å². The molecule has 116 valence electrons. The topological polar surface area (TPSA) is 84.9 Å². The molecule has 0 aliphatic carbocycles. The normalized spacial score (nSPS) is 11.5. The molecule has 0 radical (unpaired) electrons. The highest BCUT2D eigenvalue weighted by Gasteiger charge is 2.13. The van der Waals surface area contributed by atoms with Crippen LogP contribution in [0.3, 0.4) is 0 Å². The Morgan fingerprint density at radius 3 is 2.29 bits per heavy atom. The van der Waals surface area contributed by atoms with Crippen molar-refractivity contribution >= 4 is 11.9 Å². The first-order valence-electron chi connectivity index (χ1n) is 6.90. The highest BCUT2D eigenvalue weighted by molar-refractivity contribution is 5.83. The van der Waals surface area contributed by atoms with Crippen molar-refractivity contribution in [3.63, 3.8) is 0 Å². The van der Waals surface area contributed by atoms with E-state index in [1.54, 1.807) is 12.1 Å². The predicted octanol–water partition coefficient (Wildman–Crippen LogP) is 1.83. The van der Waals surface area contributed by atoms with Gasteiger partial charge in [0, 0.05) is 6.42 Å². The number of hydrogen-bond donors (Lipinski definition) is 2. The van der Waals surface area contributed by atoms with Crippen LogP contribution in [-0.4, -0.2) is 36.2 Å². The second-order valence-electron chi connectivity index (χ2n) is 4.48. The number of carbonyl (C=O) groups excluding carboxylic acids is 1. The fourth-order valence-corrected chi connectivity index (χ4v) is 1.60. The molecule has 0 saturated heterocycles. The molecule has 0 fully saturated rings. The van der Waals surface area contributed by atoms with Gasteiger partial charge in [0.2, 0.25) is 5.91 Å². The molecule has 21 heavy (non-hydrogen) atoms. The third-order valence-corrected chi connectivity index (χ3v) is 2.70. The molecule has 6 nitrogen and oxygen atoms in total. The average molecular weight is 295 g/mol. The minimum atomic E-state index is -1.05. The summed E-state index contributed by atoms with van der Waals surface area (Å²) in [5.41, 5.74) is 0. The van der Waals surface area contributed by atoms with E-state index < -0.39 is 12.0 Å². The van der Waals surface area contributed by atoms with Gasteiger partial charge in [0.1, 0.15) is 17.5 Å². The van der Waals surface area contributed by atoms with Crippen LogP contribution in [0.5, 0.6) is 11.5 Å². The van der Waals surface area contributed by atoms with Crippen molar-refractivity contribution in [1.29, 1.82) is 0 Å². The van der Waals surface area contributed by atoms with Crippen molar-refractivity contribution in [3.05, 3.63) is 24.3 Å². The molecule has 0 aliphatic rings. The van der Waals surface area contributed by atoms with Crippen molar-refractivity contribution in [2.75, 3.05) is 13.2 Å². The third kappa shape index (κ3) is 6.65. The molecule has 0 heterocycles. The number of hydrogen-bond acceptors (Lipinski definition) is 4. The van der Waals surface area contributed by atoms with E-state index >= 15 is 0 Å². The Kier molecular flexibility index (Phi) is 7.08. The van der Waals surface area contributed by atoms with Gasteiger partial charge in [-0.15, -0.1) is 0 Å². The van der Waals surface area contributed by atoms with Gasteiger partial charge < -0.3 is 19.9 Å². The Bertz CT molecular complexity index is 458. The van der Waals surface area contributed by atoms with E-state index in [1.807, 2.05) is 19.1 Å². The van der Waals surface area contributed by atoms with Crippen molar-refractivity contribution in [1.82, 2.24) is 5.32 Å². The molecule has 0 aliphatic heterocycles. The van der Waals surface area contributed by atoms with Gasteiger partial charge >= 0.3 is 5.97 Å². The standard InChI is InChI=1S/C15H21NO5/c1-3-20-12-6-8-13(9-7-12)21-10-4-5-14(17)16-11(2)15(18)19/h6-9,11H,3-5,10H2,1-2H3,(H,16,17)(H,18,19). The van der Waals surface area contributed by atoms with Gasteiger partial charge in [0.25, 0.3) is 0 Å². The van der Waals surface area contributed by atoms with Crippen LogP contribution < -0.4 is 14.8 Å². The number of carbonyl (C=O) groups is 2. The summed E-state index contributed by atoms with van der Waals surface area (Å²) < 4.78 is 10.8. The van der Waals surface area contributed by atoms with E-state index in [2.05, 4.69) is 5.32 Å². The highest BCUT2D eigenvalue weighted by Crippen LogP contribution is 2.17. The molecule has 1 atom stereocenters. The van der Waals surface area contributed by atoms with Crippen molar-refractivity contribution in [2.45, 2.75) is 32.7 Å². The maximum atomic E-state index is 11.4. The number of ether oxygens (including phenoxy) is 2. The van der Waals surface area contributed by atoms with Gasteiger partial charge in [-0.25, -0.2) is 0 Å². The van der Waals surface area contributed by atoms with Crippen molar-refractivity contribution in [3.8, 4) is 11.5 Å². The highest BCUT2D eigenvalue weighted by atomic mass is 16.5. The van der Waals surface area contributed by atoms with Crippen LogP contribution in [-0.2, 0) is 9.59 Å². The van der Waals surface area contributed by atoms with Gasteiger partial charge in [-0.2, -0.15) is 0 Å². The molecule has 1 amide bonds. The fraction of sp³-hybridized carbons (Fsp3) is 0.467. The first kappa shape index (κ1) is 16.8. The van der Waals surface area contributed by atoms with Gasteiger partial charge in [-0.3, -0.25) is 9.59 Å². The summed E-state index contributed by atoms with van der Waals surface area (Å²) >= 11 is 0. The predicted molar refractivity (Wildman–Crippen MR) is 77.6 cm³/mol. The lowest BCUT2D eigenvalue weighted by molar-refractivity contribution is -0.141. The zero-order valence-electron chi connectivity index (χ0n) is 12.3. The van der Waals surface area contributed by atoms with Gasteiger partial charge in [0.05, 0.1) is 13.2 Å². The van der Waals surface area contributed by atoms with Crippen molar-refractivity contribution < 1.29 is 24.2 Å². The van der Waals surface area contributed by atoms with Gasteiger partial charge in [-0.05, 0) is 44.5 Å². The lowest BCUT2D eigenvalue weighted by Crippen LogP contribution is -2.38. The van der Waals surface area contributed by atoms with Crippen LogP contribution in [0, 0.1) is 0 Å². The Balaban J connectivity index is 2.21. The summed E-state index contributed by atoms with van der Waals surface area (Å²) in [4.78, 5) is 22.0. The Hall–Kier alpha value is -2.24. The van der Waals surface area contributed by atoms with Gasteiger partial charge in [0.15, 0.2) is 0 Å². The SMILES string of the molecule is CCOc1ccc(OCCCC(=O)NC(C)C(=O)O)cc1. The Morgan fingerprint density at radius 2 is 1.76 bits per heavy atom. The van der Waals surface area contributed by atoms with E-state index in [0.29, 0.717) is 25.4 Å². The van der Waals surface area contributed by atoms with Crippen LogP contribution in [0.15, 0.2) is 24.3 Å². The molecular weight excluding hydrogens is 274 g/mol. The summed E-state index contributed by atoms with van der Waals surface area (Å²) in [7, 11) is 0. The molecule has 6 heteroatoms. The van der Waals surface area contributed by atoms with E-state index in [-0.39, 0.29) is 12.3 Å².